The van der Waals surface area contributed by atoms with Gasteiger partial charge in [-0.2, -0.15) is 0 Å². The lowest BCUT2D eigenvalue weighted by molar-refractivity contribution is -0.903. The quantitative estimate of drug-likeness (QED) is 0.586. The highest BCUT2D eigenvalue weighted by atomic mass is 15.3. The van der Waals surface area contributed by atoms with Gasteiger partial charge in [0.15, 0.2) is 0 Å². The second kappa shape index (κ2) is 6.38. The summed E-state index contributed by atoms with van der Waals surface area (Å²) in [5, 5.41) is 0. The molecule has 2 heteroatoms. The molecule has 2 nitrogen and oxygen atoms in total. The molecule has 0 bridgehead atoms. The Bertz CT molecular complexity index is 214. The Morgan fingerprint density at radius 2 is 1.22 bits per heavy atom. The van der Waals surface area contributed by atoms with Crippen molar-refractivity contribution in [3.05, 3.63) is 0 Å². The number of hydrogen-bond acceptors (Lipinski definition) is 0. The summed E-state index contributed by atoms with van der Waals surface area (Å²) in [6.45, 7) is 9.65. The van der Waals surface area contributed by atoms with Gasteiger partial charge in [-0.15, -0.1) is 0 Å². The Morgan fingerprint density at radius 1 is 0.833 bits per heavy atom. The topological polar surface area (TPSA) is 0 Å². The number of rotatable bonds is 8. The molecular formula is C16H38N2+2. The maximum atomic E-state index is 2.37. The first-order chi connectivity index (χ1) is 7.89. The largest absolute Gasteiger partial charge is 0.330 e. The summed E-state index contributed by atoms with van der Waals surface area (Å²) in [6.07, 6.45) is 4.01. The first-order valence-corrected chi connectivity index (χ1v) is 7.50. The molecule has 0 radical (unpaired) electrons. The fraction of sp³-hybridized carbons (Fsp3) is 1.00. The molecule has 0 aliphatic carbocycles. The van der Waals surface area contributed by atoms with Gasteiger partial charge in [0.2, 0.25) is 0 Å². The molecule has 0 unspecified atom stereocenters. The Morgan fingerprint density at radius 3 is 1.44 bits per heavy atom. The van der Waals surface area contributed by atoms with E-state index < -0.39 is 0 Å². The molecule has 0 fully saturated rings. The first kappa shape index (κ1) is 17.9. The fourth-order valence-electron chi connectivity index (χ4n) is 3.85. The molecule has 0 aromatic rings. The van der Waals surface area contributed by atoms with Gasteiger partial charge >= 0.3 is 0 Å². The van der Waals surface area contributed by atoms with E-state index >= 15 is 0 Å². The summed E-state index contributed by atoms with van der Waals surface area (Å²) in [7, 11) is 14.0. The molecule has 0 N–H and O–H groups in total. The fourth-order valence-corrected chi connectivity index (χ4v) is 3.85. The van der Waals surface area contributed by atoms with Crippen LogP contribution in [-0.2, 0) is 0 Å². The van der Waals surface area contributed by atoms with Crippen LogP contribution in [0, 0.1) is 11.3 Å². The first-order valence-electron chi connectivity index (χ1n) is 7.50. The minimum atomic E-state index is 0.486. The summed E-state index contributed by atoms with van der Waals surface area (Å²) >= 11 is 0. The molecule has 0 saturated carbocycles. The molecule has 0 amide bonds. The molecule has 0 aromatic carbocycles. The van der Waals surface area contributed by atoms with Crippen molar-refractivity contribution in [2.24, 2.45) is 11.3 Å². The minimum Gasteiger partial charge on any atom is -0.330 e. The van der Waals surface area contributed by atoms with Gasteiger partial charge in [0.25, 0.3) is 0 Å². The summed E-state index contributed by atoms with van der Waals surface area (Å²) in [5.74, 6) is 0.787. The van der Waals surface area contributed by atoms with Crippen LogP contribution in [0.25, 0.3) is 0 Å². The minimum absolute atomic E-state index is 0.486. The summed E-state index contributed by atoms with van der Waals surface area (Å²) < 4.78 is 2.15. The van der Waals surface area contributed by atoms with E-state index in [1.54, 1.807) is 0 Å². The third-order valence-electron chi connectivity index (χ3n) is 3.24. The predicted molar refractivity (Wildman–Crippen MR) is 82.6 cm³/mol. The summed E-state index contributed by atoms with van der Waals surface area (Å²) in [6, 6.07) is 0. The SMILES string of the molecule is CCCC(CC(C)C)(C[N+](C)(C)C)C[N+](C)(C)C. The lowest BCUT2D eigenvalue weighted by Crippen LogP contribution is -2.53. The molecule has 18 heavy (non-hydrogen) atoms. The van der Waals surface area contributed by atoms with Gasteiger partial charge in [-0.1, -0.05) is 27.2 Å². The normalized spacial score (nSPS) is 14.3. The average molecular weight is 258 g/mol. The van der Waals surface area contributed by atoms with Crippen LogP contribution in [0.4, 0.5) is 0 Å². The summed E-state index contributed by atoms with van der Waals surface area (Å²) in [4.78, 5) is 0. The zero-order valence-electron chi connectivity index (χ0n) is 14.5. The van der Waals surface area contributed by atoms with E-state index in [0.717, 1.165) is 14.9 Å². The lowest BCUT2D eigenvalue weighted by Gasteiger charge is -2.43. The molecule has 0 aromatic heterocycles. The van der Waals surface area contributed by atoms with Crippen molar-refractivity contribution < 1.29 is 8.97 Å². The van der Waals surface area contributed by atoms with Crippen molar-refractivity contribution in [3.63, 3.8) is 0 Å². The maximum Gasteiger partial charge on any atom is 0.0892 e. The van der Waals surface area contributed by atoms with Gasteiger partial charge in [0.05, 0.1) is 60.8 Å². The van der Waals surface area contributed by atoms with Crippen LogP contribution >= 0.6 is 0 Å². The second-order valence-electron chi connectivity index (χ2n) is 8.74. The van der Waals surface area contributed by atoms with E-state index in [9.17, 15) is 0 Å². The van der Waals surface area contributed by atoms with Gasteiger partial charge in [0, 0.05) is 0 Å². The molecule has 0 saturated heterocycles. The van der Waals surface area contributed by atoms with Gasteiger partial charge in [0.1, 0.15) is 0 Å². The van der Waals surface area contributed by atoms with Crippen LogP contribution in [0.1, 0.15) is 40.0 Å². The number of quaternary nitrogens is 2. The molecule has 0 atom stereocenters. The van der Waals surface area contributed by atoms with Crippen LogP contribution in [-0.4, -0.2) is 64.3 Å². The van der Waals surface area contributed by atoms with E-state index in [1.165, 1.54) is 32.4 Å². The molecule has 0 aliphatic rings. The number of hydrogen-bond donors (Lipinski definition) is 0. The van der Waals surface area contributed by atoms with Crippen LogP contribution in [0.2, 0.25) is 0 Å². The Kier molecular flexibility index (Phi) is 6.35. The standard InChI is InChI=1S/C16H38N2/c1-10-11-16(12-15(2)3,13-17(4,5)6)14-18(7,8)9/h15H,10-14H2,1-9H3/q+2. The smallest absolute Gasteiger partial charge is 0.0892 e. The van der Waals surface area contributed by atoms with Crippen LogP contribution < -0.4 is 0 Å². The Balaban J connectivity index is 5.14. The lowest BCUT2D eigenvalue weighted by atomic mass is 9.75. The van der Waals surface area contributed by atoms with E-state index in [4.69, 9.17) is 0 Å². The Labute approximate surface area is 116 Å². The van der Waals surface area contributed by atoms with Gasteiger partial charge in [-0.3, -0.25) is 0 Å². The van der Waals surface area contributed by atoms with Crippen LogP contribution in [0.15, 0.2) is 0 Å². The van der Waals surface area contributed by atoms with E-state index in [0.29, 0.717) is 5.41 Å². The molecular weight excluding hydrogens is 220 g/mol. The maximum absolute atomic E-state index is 2.37. The van der Waals surface area contributed by atoms with Crippen molar-refractivity contribution >= 4 is 0 Å². The third kappa shape index (κ3) is 8.10. The second-order valence-corrected chi connectivity index (χ2v) is 8.74. The van der Waals surface area contributed by atoms with Crippen molar-refractivity contribution in [3.8, 4) is 0 Å². The van der Waals surface area contributed by atoms with Crippen molar-refractivity contribution in [2.45, 2.75) is 40.0 Å². The molecule has 0 heterocycles. The van der Waals surface area contributed by atoms with Crippen molar-refractivity contribution in [1.82, 2.24) is 0 Å². The van der Waals surface area contributed by atoms with Crippen LogP contribution in [0.5, 0.6) is 0 Å². The zero-order valence-corrected chi connectivity index (χ0v) is 14.5. The highest BCUT2D eigenvalue weighted by Gasteiger charge is 2.40. The molecule has 110 valence electrons. The van der Waals surface area contributed by atoms with Gasteiger partial charge in [-0.05, 0) is 18.8 Å². The zero-order chi connectivity index (χ0) is 14.6. The van der Waals surface area contributed by atoms with Gasteiger partial charge < -0.3 is 8.97 Å². The predicted octanol–water partition coefficient (Wildman–Crippen LogP) is 3.23. The van der Waals surface area contributed by atoms with Crippen LogP contribution in [0.3, 0.4) is 0 Å². The average Bonchev–Trinajstić information content (AvgIpc) is 1.93. The molecule has 0 aliphatic heterocycles. The van der Waals surface area contributed by atoms with E-state index in [1.807, 2.05) is 0 Å². The van der Waals surface area contributed by atoms with Crippen molar-refractivity contribution in [2.75, 3.05) is 55.4 Å². The van der Waals surface area contributed by atoms with Gasteiger partial charge in [-0.25, -0.2) is 0 Å². The highest BCUT2D eigenvalue weighted by Crippen LogP contribution is 2.35. The molecule has 0 spiro atoms. The molecule has 0 rings (SSSR count). The van der Waals surface area contributed by atoms with E-state index in [2.05, 4.69) is 63.1 Å². The number of nitrogens with zero attached hydrogens (tertiary/aromatic N) is 2. The highest BCUT2D eigenvalue weighted by molar-refractivity contribution is 4.80. The monoisotopic (exact) mass is 258 g/mol. The van der Waals surface area contributed by atoms with Crippen molar-refractivity contribution in [1.29, 1.82) is 0 Å². The van der Waals surface area contributed by atoms with E-state index in [-0.39, 0.29) is 0 Å². The Hall–Kier alpha value is -0.0800. The third-order valence-corrected chi connectivity index (χ3v) is 3.24. The summed E-state index contributed by atoms with van der Waals surface area (Å²) in [5.41, 5.74) is 0.486.